The zero-order chi connectivity index (χ0) is 20.1. The average molecular weight is 450 g/mol. The summed E-state index contributed by atoms with van der Waals surface area (Å²) in [5, 5.41) is 3.68. The number of hydrogen-bond donors (Lipinski definition) is 1. The number of hydrogen-bond acceptors (Lipinski definition) is 5. The number of rotatable bonds is 8. The van der Waals surface area contributed by atoms with Gasteiger partial charge in [-0.2, -0.15) is 0 Å². The Morgan fingerprint density at radius 1 is 1.11 bits per heavy atom. The van der Waals surface area contributed by atoms with Crippen LogP contribution in [0.5, 0.6) is 23.0 Å². The van der Waals surface area contributed by atoms with E-state index < -0.39 is 0 Å². The third kappa shape index (κ3) is 4.73. The SMILES string of the molecule is CCOc1cc(CNC(c2ccc3c(c2)OCCO3)C(C)C)cc(Br)c1OC. The van der Waals surface area contributed by atoms with Crippen LogP contribution in [0.3, 0.4) is 0 Å². The molecule has 1 heterocycles. The lowest BCUT2D eigenvalue weighted by atomic mass is 9.95. The van der Waals surface area contributed by atoms with Crippen LogP contribution in [0.2, 0.25) is 0 Å². The maximum absolute atomic E-state index is 5.75. The second-order valence-electron chi connectivity index (χ2n) is 7.05. The third-order valence-corrected chi connectivity index (χ3v) is 5.28. The van der Waals surface area contributed by atoms with Crippen molar-refractivity contribution in [3.63, 3.8) is 0 Å². The highest BCUT2D eigenvalue weighted by Crippen LogP contribution is 2.37. The van der Waals surface area contributed by atoms with Crippen LogP contribution in [0.25, 0.3) is 0 Å². The van der Waals surface area contributed by atoms with Gasteiger partial charge >= 0.3 is 0 Å². The number of nitrogens with one attached hydrogen (secondary N) is 1. The van der Waals surface area contributed by atoms with Crippen molar-refractivity contribution in [2.24, 2.45) is 5.92 Å². The van der Waals surface area contributed by atoms with Gasteiger partial charge in [0, 0.05) is 12.6 Å². The lowest BCUT2D eigenvalue weighted by Gasteiger charge is -2.26. The van der Waals surface area contributed by atoms with E-state index in [0.29, 0.717) is 32.3 Å². The molecular formula is C22H28BrNO4. The summed E-state index contributed by atoms with van der Waals surface area (Å²) < 4.78 is 23.5. The van der Waals surface area contributed by atoms with E-state index in [4.69, 9.17) is 18.9 Å². The van der Waals surface area contributed by atoms with Crippen LogP contribution in [0.15, 0.2) is 34.8 Å². The molecule has 152 valence electrons. The minimum absolute atomic E-state index is 0.187. The predicted octanol–water partition coefficient (Wildman–Crippen LogP) is 5.11. The molecule has 2 aromatic rings. The van der Waals surface area contributed by atoms with Crippen LogP contribution < -0.4 is 24.3 Å². The molecule has 3 rings (SSSR count). The van der Waals surface area contributed by atoms with E-state index in [0.717, 1.165) is 33.0 Å². The zero-order valence-electron chi connectivity index (χ0n) is 16.9. The van der Waals surface area contributed by atoms with Crippen molar-refractivity contribution in [3.05, 3.63) is 45.9 Å². The molecule has 1 unspecified atom stereocenters. The van der Waals surface area contributed by atoms with E-state index in [1.54, 1.807) is 7.11 Å². The standard InChI is InChI=1S/C22H28BrNO4/c1-5-26-20-11-15(10-17(23)22(20)25-4)13-24-21(14(2)3)16-6-7-18-19(12-16)28-9-8-27-18/h6-7,10-12,14,21,24H,5,8-9,13H2,1-4H3. The molecule has 1 aliphatic rings. The zero-order valence-corrected chi connectivity index (χ0v) is 18.5. The Balaban J connectivity index is 1.79. The largest absolute Gasteiger partial charge is 0.492 e. The molecule has 2 aromatic carbocycles. The molecule has 1 aliphatic heterocycles. The van der Waals surface area contributed by atoms with Gasteiger partial charge in [0.15, 0.2) is 23.0 Å². The predicted molar refractivity (Wildman–Crippen MR) is 114 cm³/mol. The molecule has 6 heteroatoms. The van der Waals surface area contributed by atoms with E-state index in [9.17, 15) is 0 Å². The van der Waals surface area contributed by atoms with Gasteiger partial charge in [-0.3, -0.25) is 0 Å². The van der Waals surface area contributed by atoms with Gasteiger partial charge < -0.3 is 24.3 Å². The second-order valence-corrected chi connectivity index (χ2v) is 7.90. The maximum atomic E-state index is 5.75. The Kier molecular flexibility index (Phi) is 7.08. The molecule has 0 spiro atoms. The molecule has 0 saturated heterocycles. The highest BCUT2D eigenvalue weighted by atomic mass is 79.9. The van der Waals surface area contributed by atoms with Gasteiger partial charge in [0.2, 0.25) is 0 Å². The van der Waals surface area contributed by atoms with Crippen molar-refractivity contribution in [1.29, 1.82) is 0 Å². The van der Waals surface area contributed by atoms with Crippen molar-refractivity contribution in [2.45, 2.75) is 33.4 Å². The Labute approximate surface area is 175 Å². The molecule has 5 nitrogen and oxygen atoms in total. The van der Waals surface area contributed by atoms with Gasteiger partial charge in [-0.05, 0) is 64.2 Å². The molecule has 0 radical (unpaired) electrons. The molecular weight excluding hydrogens is 422 g/mol. The highest BCUT2D eigenvalue weighted by molar-refractivity contribution is 9.10. The Morgan fingerprint density at radius 3 is 2.54 bits per heavy atom. The van der Waals surface area contributed by atoms with Gasteiger partial charge in [0.1, 0.15) is 13.2 Å². The Morgan fingerprint density at radius 2 is 1.86 bits per heavy atom. The fraction of sp³-hybridized carbons (Fsp3) is 0.455. The van der Waals surface area contributed by atoms with Crippen LogP contribution in [0, 0.1) is 5.92 Å². The van der Waals surface area contributed by atoms with Crippen molar-refractivity contribution < 1.29 is 18.9 Å². The Bertz CT molecular complexity index is 809. The molecule has 0 aliphatic carbocycles. The quantitative estimate of drug-likeness (QED) is 0.606. The van der Waals surface area contributed by atoms with Crippen molar-refractivity contribution in [1.82, 2.24) is 5.32 Å². The lowest BCUT2D eigenvalue weighted by molar-refractivity contribution is 0.171. The van der Waals surface area contributed by atoms with E-state index >= 15 is 0 Å². The van der Waals surface area contributed by atoms with Crippen LogP contribution in [0.1, 0.15) is 37.9 Å². The number of benzene rings is 2. The van der Waals surface area contributed by atoms with Gasteiger partial charge in [0.25, 0.3) is 0 Å². The van der Waals surface area contributed by atoms with Crippen molar-refractivity contribution in [3.8, 4) is 23.0 Å². The first-order valence-electron chi connectivity index (χ1n) is 9.65. The summed E-state index contributed by atoms with van der Waals surface area (Å²) in [4.78, 5) is 0. The molecule has 1 atom stereocenters. The maximum Gasteiger partial charge on any atom is 0.174 e. The van der Waals surface area contributed by atoms with Crippen molar-refractivity contribution in [2.75, 3.05) is 26.9 Å². The van der Waals surface area contributed by atoms with Crippen LogP contribution >= 0.6 is 15.9 Å². The summed E-state index contributed by atoms with van der Waals surface area (Å²) in [6.07, 6.45) is 0. The van der Waals surface area contributed by atoms with Gasteiger partial charge in [-0.25, -0.2) is 0 Å². The van der Waals surface area contributed by atoms with E-state index in [2.05, 4.69) is 53.3 Å². The normalized spacial score (nSPS) is 14.1. The number of fused-ring (bicyclic) bond motifs is 1. The first kappa shape index (κ1) is 20.8. The lowest BCUT2D eigenvalue weighted by Crippen LogP contribution is -2.26. The summed E-state index contributed by atoms with van der Waals surface area (Å²) in [6.45, 7) is 8.89. The minimum atomic E-state index is 0.187. The smallest absolute Gasteiger partial charge is 0.174 e. The van der Waals surface area contributed by atoms with Crippen LogP contribution in [0.4, 0.5) is 0 Å². The summed E-state index contributed by atoms with van der Waals surface area (Å²) in [7, 11) is 1.65. The van der Waals surface area contributed by atoms with E-state index in [-0.39, 0.29) is 6.04 Å². The molecule has 28 heavy (non-hydrogen) atoms. The number of methoxy groups -OCH3 is 1. The molecule has 0 saturated carbocycles. The number of ether oxygens (including phenoxy) is 4. The fourth-order valence-electron chi connectivity index (χ4n) is 3.40. The van der Waals surface area contributed by atoms with Gasteiger partial charge in [0.05, 0.1) is 18.2 Å². The first-order valence-corrected chi connectivity index (χ1v) is 10.4. The topological polar surface area (TPSA) is 49.0 Å². The van der Waals surface area contributed by atoms with Gasteiger partial charge in [-0.1, -0.05) is 19.9 Å². The van der Waals surface area contributed by atoms with Crippen LogP contribution in [-0.2, 0) is 6.54 Å². The Hall–Kier alpha value is -1.92. The molecule has 0 fully saturated rings. The second kappa shape index (κ2) is 9.52. The highest BCUT2D eigenvalue weighted by Gasteiger charge is 2.20. The molecule has 0 aromatic heterocycles. The summed E-state index contributed by atoms with van der Waals surface area (Å²) in [6, 6.07) is 10.5. The number of halogens is 1. The van der Waals surface area contributed by atoms with Gasteiger partial charge in [-0.15, -0.1) is 0 Å². The monoisotopic (exact) mass is 449 g/mol. The summed E-state index contributed by atoms with van der Waals surface area (Å²) in [5.41, 5.74) is 2.32. The summed E-state index contributed by atoms with van der Waals surface area (Å²) >= 11 is 3.59. The van der Waals surface area contributed by atoms with E-state index in [1.165, 1.54) is 5.56 Å². The van der Waals surface area contributed by atoms with Crippen LogP contribution in [-0.4, -0.2) is 26.9 Å². The fourth-order valence-corrected chi connectivity index (χ4v) is 4.06. The van der Waals surface area contributed by atoms with Crippen molar-refractivity contribution >= 4 is 15.9 Å². The minimum Gasteiger partial charge on any atom is -0.492 e. The average Bonchev–Trinajstić information content (AvgIpc) is 2.68. The molecule has 1 N–H and O–H groups in total. The summed E-state index contributed by atoms with van der Waals surface area (Å²) in [5.74, 6) is 3.52. The molecule has 0 amide bonds. The van der Waals surface area contributed by atoms with E-state index in [1.807, 2.05) is 19.1 Å². The third-order valence-electron chi connectivity index (χ3n) is 4.69. The molecule has 0 bridgehead atoms. The first-order chi connectivity index (χ1) is 13.5.